The molecule has 0 saturated carbocycles. The fourth-order valence-corrected chi connectivity index (χ4v) is 3.66. The van der Waals surface area contributed by atoms with Gasteiger partial charge < -0.3 is 10.2 Å². The van der Waals surface area contributed by atoms with Gasteiger partial charge in [0.15, 0.2) is 0 Å². The van der Waals surface area contributed by atoms with E-state index in [1.165, 1.54) is 5.56 Å². The number of pyridine rings is 1. The molecule has 9 heteroatoms. The van der Waals surface area contributed by atoms with E-state index in [0.717, 1.165) is 75.0 Å². The third-order valence-electron chi connectivity index (χ3n) is 5.43. The first-order valence-corrected chi connectivity index (χ1v) is 10.6. The number of unbranched alkanes of at least 4 members (excludes halogenated alkanes) is 1. The van der Waals surface area contributed by atoms with Crippen molar-refractivity contribution in [3.8, 4) is 0 Å². The average molecular weight is 428 g/mol. The van der Waals surface area contributed by atoms with Crippen molar-refractivity contribution in [2.75, 3.05) is 39.3 Å². The van der Waals surface area contributed by atoms with Crippen LogP contribution in [0.3, 0.4) is 0 Å². The fraction of sp³-hybridized carbons (Fsp3) is 0.455. The third kappa shape index (κ3) is 7.30. The molecular formula is C22H29N5O4. The highest BCUT2D eigenvalue weighted by molar-refractivity contribution is 5.75. The molecule has 0 aliphatic carbocycles. The van der Waals surface area contributed by atoms with Crippen LogP contribution in [0.25, 0.3) is 0 Å². The number of carbonyl (C=O) groups is 1. The van der Waals surface area contributed by atoms with Crippen LogP contribution in [0.5, 0.6) is 0 Å². The number of nitrogens with zero attached hydrogens (tertiary/aromatic N) is 4. The van der Waals surface area contributed by atoms with Gasteiger partial charge in [0.25, 0.3) is 11.2 Å². The zero-order valence-electron chi connectivity index (χ0n) is 17.6. The van der Waals surface area contributed by atoms with Crippen molar-refractivity contribution < 1.29 is 9.72 Å². The summed E-state index contributed by atoms with van der Waals surface area (Å²) in [6, 6.07) is 12.8. The molecule has 1 fully saturated rings. The highest BCUT2D eigenvalue weighted by atomic mass is 16.6. The number of nitro groups is 1. The molecular weight excluding hydrogens is 398 g/mol. The van der Waals surface area contributed by atoms with Crippen LogP contribution in [0.2, 0.25) is 0 Å². The maximum Gasteiger partial charge on any atom is 0.285 e. The van der Waals surface area contributed by atoms with Gasteiger partial charge in [-0.15, -0.1) is 0 Å². The van der Waals surface area contributed by atoms with E-state index < -0.39 is 10.5 Å². The number of benzene rings is 1. The Hall–Kier alpha value is -3.04. The zero-order valence-corrected chi connectivity index (χ0v) is 17.6. The van der Waals surface area contributed by atoms with Gasteiger partial charge in [-0.05, 0) is 24.9 Å². The van der Waals surface area contributed by atoms with Crippen LogP contribution < -0.4 is 10.9 Å². The van der Waals surface area contributed by atoms with Crippen LogP contribution in [-0.2, 0) is 17.9 Å². The third-order valence-corrected chi connectivity index (χ3v) is 5.43. The van der Waals surface area contributed by atoms with Gasteiger partial charge in [0.2, 0.25) is 5.91 Å². The minimum absolute atomic E-state index is 0.212. The lowest BCUT2D eigenvalue weighted by Crippen LogP contribution is -2.46. The molecule has 31 heavy (non-hydrogen) atoms. The molecule has 0 atom stereocenters. The minimum atomic E-state index is -0.588. The highest BCUT2D eigenvalue weighted by Crippen LogP contribution is 2.09. The number of nitrogens with one attached hydrogen (secondary N) is 1. The Morgan fingerprint density at radius 2 is 1.71 bits per heavy atom. The number of hydrogen-bond acceptors (Lipinski definition) is 6. The Bertz CT molecular complexity index is 923. The van der Waals surface area contributed by atoms with Crippen LogP contribution in [-0.4, -0.2) is 64.5 Å². The number of rotatable bonds is 10. The molecule has 1 saturated heterocycles. The smallest absolute Gasteiger partial charge is 0.285 e. The van der Waals surface area contributed by atoms with Gasteiger partial charge in [-0.1, -0.05) is 30.3 Å². The molecule has 0 radical (unpaired) electrons. The van der Waals surface area contributed by atoms with Gasteiger partial charge in [-0.2, -0.15) is 0 Å². The van der Waals surface area contributed by atoms with E-state index in [2.05, 4.69) is 39.4 Å². The summed E-state index contributed by atoms with van der Waals surface area (Å²) < 4.78 is 1.06. The van der Waals surface area contributed by atoms with Gasteiger partial charge in [0, 0.05) is 51.4 Å². The molecule has 1 amide bonds. The van der Waals surface area contributed by atoms with Crippen molar-refractivity contribution in [1.29, 1.82) is 0 Å². The van der Waals surface area contributed by atoms with E-state index in [-0.39, 0.29) is 18.1 Å². The van der Waals surface area contributed by atoms with Gasteiger partial charge in [-0.3, -0.25) is 29.2 Å². The topological polar surface area (TPSA) is 101 Å². The lowest BCUT2D eigenvalue weighted by molar-refractivity contribution is -0.385. The monoisotopic (exact) mass is 427 g/mol. The Morgan fingerprint density at radius 3 is 2.42 bits per heavy atom. The highest BCUT2D eigenvalue weighted by Gasteiger charge is 2.16. The summed E-state index contributed by atoms with van der Waals surface area (Å²) in [5, 5.41) is 13.6. The van der Waals surface area contributed by atoms with E-state index >= 15 is 0 Å². The van der Waals surface area contributed by atoms with E-state index in [1.54, 1.807) is 0 Å². The number of carbonyl (C=O) groups excluding carboxylic acids is 1. The van der Waals surface area contributed by atoms with Crippen molar-refractivity contribution in [3.05, 3.63) is 74.7 Å². The first-order valence-electron chi connectivity index (χ1n) is 10.6. The van der Waals surface area contributed by atoms with Crippen molar-refractivity contribution in [3.63, 3.8) is 0 Å². The molecule has 0 bridgehead atoms. The summed E-state index contributed by atoms with van der Waals surface area (Å²) in [5.41, 5.74) is 0.697. The summed E-state index contributed by atoms with van der Waals surface area (Å²) in [6.07, 6.45) is 2.93. The maximum absolute atomic E-state index is 12.0. The van der Waals surface area contributed by atoms with Gasteiger partial charge in [0.1, 0.15) is 6.54 Å². The summed E-state index contributed by atoms with van der Waals surface area (Å²) in [6.45, 7) is 6.52. The van der Waals surface area contributed by atoms with E-state index in [4.69, 9.17) is 0 Å². The lowest BCUT2D eigenvalue weighted by Gasteiger charge is -2.34. The quantitative estimate of drug-likeness (QED) is 0.350. The molecule has 1 aliphatic heterocycles. The van der Waals surface area contributed by atoms with Crippen LogP contribution in [0.4, 0.5) is 5.69 Å². The van der Waals surface area contributed by atoms with Crippen LogP contribution >= 0.6 is 0 Å². The predicted octanol–water partition coefficient (Wildman–Crippen LogP) is 1.47. The van der Waals surface area contributed by atoms with Gasteiger partial charge >= 0.3 is 0 Å². The molecule has 0 unspecified atom stereocenters. The number of piperazine rings is 1. The molecule has 2 heterocycles. The molecule has 0 spiro atoms. The molecule has 1 N–H and O–H groups in total. The first kappa shape index (κ1) is 22.6. The summed E-state index contributed by atoms with van der Waals surface area (Å²) >= 11 is 0. The van der Waals surface area contributed by atoms with Crippen LogP contribution in [0.15, 0.2) is 53.5 Å². The molecule has 1 aliphatic rings. The lowest BCUT2D eigenvalue weighted by atomic mass is 10.2. The minimum Gasteiger partial charge on any atom is -0.355 e. The van der Waals surface area contributed by atoms with Crippen molar-refractivity contribution >= 4 is 11.6 Å². The summed E-state index contributed by atoms with van der Waals surface area (Å²) in [7, 11) is 0. The van der Waals surface area contributed by atoms with Crippen molar-refractivity contribution in [2.24, 2.45) is 0 Å². The number of aromatic nitrogens is 1. The fourth-order valence-electron chi connectivity index (χ4n) is 3.66. The second-order valence-electron chi connectivity index (χ2n) is 7.77. The standard InChI is InChI=1S/C22H29N5O4/c28-21(18-26-17-20(27(30)31)8-9-22(26)29)23-10-4-5-11-24-12-14-25(15-13-24)16-19-6-2-1-3-7-19/h1-3,6-9,17H,4-5,10-16,18H2,(H,23,28). The van der Waals surface area contributed by atoms with Gasteiger partial charge in [0.05, 0.1) is 11.1 Å². The zero-order chi connectivity index (χ0) is 22.1. The Morgan fingerprint density at radius 1 is 1.00 bits per heavy atom. The Balaban J connectivity index is 1.29. The van der Waals surface area contributed by atoms with E-state index in [1.807, 2.05) is 6.07 Å². The first-order chi connectivity index (χ1) is 15.0. The van der Waals surface area contributed by atoms with E-state index in [0.29, 0.717) is 6.54 Å². The summed E-state index contributed by atoms with van der Waals surface area (Å²) in [4.78, 5) is 38.9. The SMILES string of the molecule is O=C(Cn1cc([N+](=O)[O-])ccc1=O)NCCCCN1CCN(Cc2ccccc2)CC1. The summed E-state index contributed by atoms with van der Waals surface area (Å²) in [5.74, 6) is -0.322. The molecule has 1 aromatic heterocycles. The van der Waals surface area contributed by atoms with Crippen molar-refractivity contribution in [2.45, 2.75) is 25.9 Å². The Labute approximate surface area is 181 Å². The molecule has 3 rings (SSSR count). The number of hydrogen-bond donors (Lipinski definition) is 1. The predicted molar refractivity (Wildman–Crippen MR) is 118 cm³/mol. The molecule has 9 nitrogen and oxygen atoms in total. The molecule has 1 aromatic carbocycles. The normalized spacial score (nSPS) is 15.0. The van der Waals surface area contributed by atoms with Crippen molar-refractivity contribution in [1.82, 2.24) is 19.7 Å². The van der Waals surface area contributed by atoms with E-state index in [9.17, 15) is 19.7 Å². The van der Waals surface area contributed by atoms with Crippen LogP contribution in [0, 0.1) is 10.1 Å². The largest absolute Gasteiger partial charge is 0.355 e. The molecule has 2 aromatic rings. The second-order valence-corrected chi connectivity index (χ2v) is 7.77. The average Bonchev–Trinajstić information content (AvgIpc) is 2.77. The van der Waals surface area contributed by atoms with Gasteiger partial charge in [-0.25, -0.2) is 0 Å². The number of amides is 1. The Kier molecular flexibility index (Phi) is 8.31. The second kappa shape index (κ2) is 11.4. The molecule has 166 valence electrons. The maximum atomic E-state index is 12.0. The van der Waals surface area contributed by atoms with Crippen LogP contribution in [0.1, 0.15) is 18.4 Å².